The van der Waals surface area contributed by atoms with Crippen LogP contribution in [0.1, 0.15) is 21.5 Å². The number of nitriles is 1. The molecule has 0 atom stereocenters. The number of hydrogen-bond acceptors (Lipinski definition) is 3. The van der Waals surface area contributed by atoms with E-state index < -0.39 is 11.8 Å². The number of benzene rings is 3. The number of esters is 1. The summed E-state index contributed by atoms with van der Waals surface area (Å²) in [5.74, 6) is -0.721. The third-order valence-electron chi connectivity index (χ3n) is 3.72. The fourth-order valence-corrected chi connectivity index (χ4v) is 2.66. The number of halogens is 2. The summed E-state index contributed by atoms with van der Waals surface area (Å²) >= 11 is 5.88. The van der Waals surface area contributed by atoms with Crippen LogP contribution in [0.15, 0.2) is 72.8 Å². The SMILES string of the molecule is N#C/C(=C/c1cccc(OC(=O)c2cccc(Cl)c2)c1)c1ccccc1F. The fraction of sp³-hybridized carbons (Fsp3) is 0. The normalized spacial score (nSPS) is 10.9. The number of allylic oxidation sites excluding steroid dienone is 1. The van der Waals surface area contributed by atoms with Gasteiger partial charge in [-0.25, -0.2) is 9.18 Å². The maximum Gasteiger partial charge on any atom is 0.343 e. The minimum Gasteiger partial charge on any atom is -0.423 e. The summed E-state index contributed by atoms with van der Waals surface area (Å²) < 4.78 is 19.3. The number of ether oxygens (including phenoxy) is 1. The summed E-state index contributed by atoms with van der Waals surface area (Å²) in [5, 5.41) is 9.81. The van der Waals surface area contributed by atoms with Crippen LogP contribution in [-0.2, 0) is 0 Å². The zero-order valence-electron chi connectivity index (χ0n) is 14.0. The van der Waals surface area contributed by atoms with Gasteiger partial charge in [-0.2, -0.15) is 5.26 Å². The van der Waals surface area contributed by atoms with Gasteiger partial charge in [0.05, 0.1) is 17.2 Å². The molecule has 3 rings (SSSR count). The lowest BCUT2D eigenvalue weighted by atomic mass is 10.0. The van der Waals surface area contributed by atoms with E-state index in [2.05, 4.69) is 0 Å². The zero-order chi connectivity index (χ0) is 19.2. The van der Waals surface area contributed by atoms with Crippen LogP contribution in [0.5, 0.6) is 5.75 Å². The van der Waals surface area contributed by atoms with Crippen molar-refractivity contribution in [2.75, 3.05) is 0 Å². The predicted molar refractivity (Wildman–Crippen MR) is 103 cm³/mol. The molecule has 0 N–H and O–H groups in total. The zero-order valence-corrected chi connectivity index (χ0v) is 14.8. The van der Waals surface area contributed by atoms with E-state index in [0.29, 0.717) is 21.9 Å². The van der Waals surface area contributed by atoms with Crippen molar-refractivity contribution in [3.8, 4) is 11.8 Å². The Balaban J connectivity index is 1.86. The third kappa shape index (κ3) is 4.60. The first-order chi connectivity index (χ1) is 13.1. The summed E-state index contributed by atoms with van der Waals surface area (Å²) in [4.78, 5) is 12.2. The Morgan fingerprint density at radius 2 is 1.81 bits per heavy atom. The molecule has 0 aliphatic rings. The summed E-state index contributed by atoms with van der Waals surface area (Å²) in [6, 6.07) is 21.1. The molecule has 0 aromatic heterocycles. The third-order valence-corrected chi connectivity index (χ3v) is 3.96. The molecule has 0 saturated heterocycles. The average Bonchev–Trinajstić information content (AvgIpc) is 2.67. The molecule has 0 unspecified atom stereocenters. The Labute approximate surface area is 160 Å². The number of rotatable bonds is 4. The van der Waals surface area contributed by atoms with Gasteiger partial charge in [-0.1, -0.05) is 48.0 Å². The van der Waals surface area contributed by atoms with Crippen molar-refractivity contribution in [1.29, 1.82) is 5.26 Å². The lowest BCUT2D eigenvalue weighted by Gasteiger charge is -2.06. The van der Waals surface area contributed by atoms with Crippen molar-refractivity contribution >= 4 is 29.2 Å². The maximum absolute atomic E-state index is 13.9. The van der Waals surface area contributed by atoms with Crippen molar-refractivity contribution in [3.63, 3.8) is 0 Å². The molecule has 0 aliphatic heterocycles. The maximum atomic E-state index is 13.9. The Kier molecular flexibility index (Phi) is 5.65. The standard InChI is InChI=1S/C22H13ClFNO2/c23-18-7-4-6-16(13-18)22(26)27-19-8-3-5-15(12-19)11-17(14-25)20-9-1-2-10-21(20)24/h1-13H/b17-11-. The summed E-state index contributed by atoms with van der Waals surface area (Å²) in [6.45, 7) is 0. The van der Waals surface area contributed by atoms with E-state index in [1.807, 2.05) is 6.07 Å². The predicted octanol–water partition coefficient (Wildman–Crippen LogP) is 5.76. The minimum absolute atomic E-state index is 0.173. The summed E-state index contributed by atoms with van der Waals surface area (Å²) in [6.07, 6.45) is 1.54. The van der Waals surface area contributed by atoms with Crippen LogP contribution in [0.4, 0.5) is 4.39 Å². The molecular weight excluding hydrogens is 365 g/mol. The van der Waals surface area contributed by atoms with Gasteiger partial charge < -0.3 is 4.74 Å². The lowest BCUT2D eigenvalue weighted by molar-refractivity contribution is 0.0735. The fourth-order valence-electron chi connectivity index (χ4n) is 2.47. The van der Waals surface area contributed by atoms with Crippen LogP contribution in [0.2, 0.25) is 5.02 Å². The molecule has 27 heavy (non-hydrogen) atoms. The van der Waals surface area contributed by atoms with Crippen LogP contribution in [0.25, 0.3) is 11.6 Å². The van der Waals surface area contributed by atoms with Gasteiger partial charge >= 0.3 is 5.97 Å². The first-order valence-corrected chi connectivity index (χ1v) is 8.39. The molecule has 0 fully saturated rings. The summed E-state index contributed by atoms with van der Waals surface area (Å²) in [7, 11) is 0. The highest BCUT2D eigenvalue weighted by atomic mass is 35.5. The van der Waals surface area contributed by atoms with Crippen molar-refractivity contribution in [2.45, 2.75) is 0 Å². The molecule has 0 aliphatic carbocycles. The second-order valence-corrected chi connectivity index (χ2v) is 6.06. The number of nitrogens with zero attached hydrogens (tertiary/aromatic N) is 1. The highest BCUT2D eigenvalue weighted by molar-refractivity contribution is 6.30. The van der Waals surface area contributed by atoms with Crippen molar-refractivity contribution in [1.82, 2.24) is 0 Å². The Morgan fingerprint density at radius 1 is 1.04 bits per heavy atom. The molecule has 0 heterocycles. The first kappa shape index (κ1) is 18.4. The van der Waals surface area contributed by atoms with Crippen LogP contribution >= 0.6 is 11.6 Å². The van der Waals surface area contributed by atoms with Crippen LogP contribution in [0, 0.1) is 17.1 Å². The molecule has 5 heteroatoms. The molecule has 132 valence electrons. The van der Waals surface area contributed by atoms with Gasteiger partial charge in [0, 0.05) is 10.6 Å². The highest BCUT2D eigenvalue weighted by Crippen LogP contribution is 2.23. The number of carbonyl (C=O) groups excluding carboxylic acids is 1. The smallest absolute Gasteiger partial charge is 0.343 e. The second-order valence-electron chi connectivity index (χ2n) is 5.62. The average molecular weight is 378 g/mol. The highest BCUT2D eigenvalue weighted by Gasteiger charge is 2.10. The molecule has 0 radical (unpaired) electrons. The van der Waals surface area contributed by atoms with Gasteiger partial charge in [-0.3, -0.25) is 0 Å². The first-order valence-electron chi connectivity index (χ1n) is 8.01. The molecule has 3 nitrogen and oxygen atoms in total. The molecule has 0 saturated carbocycles. The second kappa shape index (κ2) is 8.31. The van der Waals surface area contributed by atoms with E-state index in [9.17, 15) is 14.4 Å². The quantitative estimate of drug-likeness (QED) is 0.251. The summed E-state index contributed by atoms with van der Waals surface area (Å²) in [5.41, 5.74) is 1.31. The lowest BCUT2D eigenvalue weighted by Crippen LogP contribution is -2.08. The van der Waals surface area contributed by atoms with Gasteiger partial charge in [0.2, 0.25) is 0 Å². The molecule has 3 aromatic rings. The monoisotopic (exact) mass is 377 g/mol. The topological polar surface area (TPSA) is 50.1 Å². The minimum atomic E-state index is -0.548. The molecule has 0 amide bonds. The van der Waals surface area contributed by atoms with Gasteiger partial charge in [0.25, 0.3) is 0 Å². The molecule has 0 bridgehead atoms. The van der Waals surface area contributed by atoms with E-state index in [0.717, 1.165) is 0 Å². The van der Waals surface area contributed by atoms with E-state index >= 15 is 0 Å². The van der Waals surface area contributed by atoms with Crippen molar-refractivity contribution in [2.24, 2.45) is 0 Å². The number of carbonyl (C=O) groups is 1. The van der Waals surface area contributed by atoms with E-state index in [1.165, 1.54) is 24.3 Å². The van der Waals surface area contributed by atoms with Crippen LogP contribution < -0.4 is 4.74 Å². The van der Waals surface area contributed by atoms with Gasteiger partial charge in [-0.05, 0) is 48.0 Å². The molecule has 0 spiro atoms. The van der Waals surface area contributed by atoms with Crippen molar-refractivity contribution < 1.29 is 13.9 Å². The molecule has 3 aromatic carbocycles. The Bertz CT molecular complexity index is 1070. The molecular formula is C22H13ClFNO2. The van der Waals surface area contributed by atoms with Gasteiger partial charge in [0.1, 0.15) is 11.6 Å². The van der Waals surface area contributed by atoms with E-state index in [4.69, 9.17) is 16.3 Å². The largest absolute Gasteiger partial charge is 0.423 e. The van der Waals surface area contributed by atoms with Gasteiger partial charge in [0.15, 0.2) is 0 Å². The van der Waals surface area contributed by atoms with Crippen LogP contribution in [-0.4, -0.2) is 5.97 Å². The van der Waals surface area contributed by atoms with Crippen LogP contribution in [0.3, 0.4) is 0 Å². The van der Waals surface area contributed by atoms with Gasteiger partial charge in [-0.15, -0.1) is 0 Å². The number of hydrogen-bond donors (Lipinski definition) is 0. The van der Waals surface area contributed by atoms with Crippen molar-refractivity contribution in [3.05, 3.63) is 100 Å². The van der Waals surface area contributed by atoms with E-state index in [1.54, 1.807) is 54.6 Å². The van der Waals surface area contributed by atoms with E-state index in [-0.39, 0.29) is 11.1 Å². The Hall–Kier alpha value is -3.42. The Morgan fingerprint density at radius 3 is 2.56 bits per heavy atom.